The van der Waals surface area contributed by atoms with Crippen LogP contribution in [0.4, 0.5) is 13.2 Å². The van der Waals surface area contributed by atoms with Gasteiger partial charge in [0, 0.05) is 24.6 Å². The first-order valence-electron chi connectivity index (χ1n) is 8.23. The highest BCUT2D eigenvalue weighted by Gasteiger charge is 2.42. The maximum absolute atomic E-state index is 12.8. The second kappa shape index (κ2) is 5.85. The highest BCUT2D eigenvalue weighted by Crippen LogP contribution is 2.39. The fourth-order valence-electron chi connectivity index (χ4n) is 3.11. The van der Waals surface area contributed by atoms with E-state index in [0.29, 0.717) is 23.3 Å². The molecule has 1 unspecified atom stereocenters. The van der Waals surface area contributed by atoms with E-state index in [1.807, 2.05) is 0 Å². The van der Waals surface area contributed by atoms with E-state index >= 15 is 0 Å². The van der Waals surface area contributed by atoms with Gasteiger partial charge in [-0.05, 0) is 25.3 Å². The van der Waals surface area contributed by atoms with Crippen molar-refractivity contribution in [1.82, 2.24) is 30.3 Å². The van der Waals surface area contributed by atoms with Crippen LogP contribution in [0.25, 0.3) is 0 Å². The fraction of sp³-hybridized carbons (Fsp3) is 0.600. The quantitative estimate of drug-likeness (QED) is 0.878. The average Bonchev–Trinajstić information content (AvgIpc) is 3.16. The summed E-state index contributed by atoms with van der Waals surface area (Å²) >= 11 is 0. The molecule has 25 heavy (non-hydrogen) atoms. The molecule has 0 radical (unpaired) electrons. The van der Waals surface area contributed by atoms with Crippen molar-refractivity contribution in [3.05, 3.63) is 29.1 Å². The van der Waals surface area contributed by atoms with Crippen LogP contribution in [0.3, 0.4) is 0 Å². The molecule has 1 aliphatic carbocycles. The Labute approximate surface area is 141 Å². The average molecular weight is 354 g/mol. The zero-order chi connectivity index (χ0) is 17.6. The SMILES string of the molecule is O=C(NCc1nnc2n1CCC(C(F)(F)F)C2)c1cc(C2CC2)[nH]n1. The molecule has 2 aromatic rings. The van der Waals surface area contributed by atoms with Gasteiger partial charge in [-0.15, -0.1) is 10.2 Å². The summed E-state index contributed by atoms with van der Waals surface area (Å²) in [6.45, 7) is 0.306. The minimum atomic E-state index is -4.22. The lowest BCUT2D eigenvalue weighted by molar-refractivity contribution is -0.179. The summed E-state index contributed by atoms with van der Waals surface area (Å²) in [4.78, 5) is 12.1. The lowest BCUT2D eigenvalue weighted by Gasteiger charge is -2.25. The minimum absolute atomic E-state index is 0.000396. The van der Waals surface area contributed by atoms with Crippen LogP contribution in [0.5, 0.6) is 0 Å². The summed E-state index contributed by atoms with van der Waals surface area (Å²) in [5.41, 5.74) is 1.26. The van der Waals surface area contributed by atoms with Crippen LogP contribution < -0.4 is 5.32 Å². The van der Waals surface area contributed by atoms with Crippen LogP contribution in [-0.4, -0.2) is 37.0 Å². The number of hydrogen-bond acceptors (Lipinski definition) is 4. The molecule has 0 saturated heterocycles. The number of halogens is 3. The molecule has 10 heteroatoms. The lowest BCUT2D eigenvalue weighted by Crippen LogP contribution is -2.32. The van der Waals surface area contributed by atoms with E-state index in [2.05, 4.69) is 25.7 Å². The van der Waals surface area contributed by atoms with Crippen molar-refractivity contribution in [2.24, 2.45) is 5.92 Å². The topological polar surface area (TPSA) is 88.5 Å². The fourth-order valence-corrected chi connectivity index (χ4v) is 3.11. The van der Waals surface area contributed by atoms with Gasteiger partial charge in [-0.3, -0.25) is 9.89 Å². The molecule has 7 nitrogen and oxygen atoms in total. The third kappa shape index (κ3) is 3.24. The number of fused-ring (bicyclic) bond motifs is 1. The van der Waals surface area contributed by atoms with Gasteiger partial charge in [0.25, 0.3) is 5.91 Å². The van der Waals surface area contributed by atoms with Gasteiger partial charge >= 0.3 is 6.18 Å². The van der Waals surface area contributed by atoms with Gasteiger partial charge in [0.15, 0.2) is 5.82 Å². The van der Waals surface area contributed by atoms with Gasteiger partial charge in [-0.25, -0.2) is 0 Å². The normalized spacial score (nSPS) is 20.4. The van der Waals surface area contributed by atoms with Gasteiger partial charge in [0.2, 0.25) is 0 Å². The molecule has 0 aromatic carbocycles. The summed E-state index contributed by atoms with van der Waals surface area (Å²) < 4.78 is 40.1. The molecule has 4 rings (SSSR count). The minimum Gasteiger partial charge on any atom is -0.343 e. The van der Waals surface area contributed by atoms with Crippen LogP contribution in [0.15, 0.2) is 6.07 Å². The largest absolute Gasteiger partial charge is 0.392 e. The van der Waals surface area contributed by atoms with Crippen LogP contribution >= 0.6 is 0 Å². The number of aromatic nitrogens is 5. The molecule has 3 heterocycles. The van der Waals surface area contributed by atoms with Crippen molar-refractivity contribution in [1.29, 1.82) is 0 Å². The highest BCUT2D eigenvalue weighted by atomic mass is 19.4. The number of nitrogens with zero attached hydrogens (tertiary/aromatic N) is 4. The Balaban J connectivity index is 1.39. The zero-order valence-electron chi connectivity index (χ0n) is 13.3. The standard InChI is InChI=1S/C15H17F3N6O/c16-15(17,18)9-3-4-24-12(5-9)22-23-13(24)7-19-14(25)11-6-10(20-21-11)8-1-2-8/h6,8-9H,1-5,7H2,(H,19,25)(H,20,21). The Morgan fingerprint density at radius 1 is 1.32 bits per heavy atom. The third-order valence-electron chi connectivity index (χ3n) is 4.75. The number of H-pyrrole nitrogens is 1. The molecular weight excluding hydrogens is 337 g/mol. The Morgan fingerprint density at radius 2 is 2.12 bits per heavy atom. The zero-order valence-corrected chi connectivity index (χ0v) is 13.3. The first-order chi connectivity index (χ1) is 11.9. The van der Waals surface area contributed by atoms with E-state index in [4.69, 9.17) is 0 Å². The predicted molar refractivity (Wildman–Crippen MR) is 79.6 cm³/mol. The van der Waals surface area contributed by atoms with Gasteiger partial charge in [0.05, 0.1) is 12.5 Å². The van der Waals surface area contributed by atoms with E-state index in [9.17, 15) is 18.0 Å². The first-order valence-corrected chi connectivity index (χ1v) is 8.23. The van der Waals surface area contributed by atoms with Crippen LogP contribution in [0, 0.1) is 5.92 Å². The second-order valence-corrected chi connectivity index (χ2v) is 6.58. The summed E-state index contributed by atoms with van der Waals surface area (Å²) in [7, 11) is 0. The Hall–Kier alpha value is -2.39. The Bertz CT molecular complexity index is 792. The number of carbonyl (C=O) groups is 1. The van der Waals surface area contributed by atoms with E-state index in [1.54, 1.807) is 10.6 Å². The van der Waals surface area contributed by atoms with Crippen molar-refractivity contribution in [2.75, 3.05) is 0 Å². The number of aromatic amines is 1. The third-order valence-corrected chi connectivity index (χ3v) is 4.75. The molecule has 2 aromatic heterocycles. The molecule has 0 spiro atoms. The molecular formula is C15H17F3N6O. The number of rotatable bonds is 4. The monoisotopic (exact) mass is 354 g/mol. The number of alkyl halides is 3. The molecule has 2 N–H and O–H groups in total. The highest BCUT2D eigenvalue weighted by molar-refractivity contribution is 5.92. The van der Waals surface area contributed by atoms with Crippen molar-refractivity contribution in [3.8, 4) is 0 Å². The summed E-state index contributed by atoms with van der Waals surface area (Å²) in [5.74, 6) is -0.476. The van der Waals surface area contributed by atoms with Gasteiger partial charge < -0.3 is 9.88 Å². The van der Waals surface area contributed by atoms with E-state index in [0.717, 1.165) is 18.5 Å². The smallest absolute Gasteiger partial charge is 0.343 e. The van der Waals surface area contributed by atoms with E-state index in [-0.39, 0.29) is 31.8 Å². The second-order valence-electron chi connectivity index (χ2n) is 6.58. The van der Waals surface area contributed by atoms with E-state index in [1.165, 1.54) is 0 Å². The van der Waals surface area contributed by atoms with Gasteiger partial charge in [-0.1, -0.05) is 0 Å². The van der Waals surface area contributed by atoms with Gasteiger partial charge in [0.1, 0.15) is 11.5 Å². The molecule has 134 valence electrons. The van der Waals surface area contributed by atoms with Crippen molar-refractivity contribution in [3.63, 3.8) is 0 Å². The lowest BCUT2D eigenvalue weighted by atomic mass is 9.97. The van der Waals surface area contributed by atoms with E-state index < -0.39 is 12.1 Å². The van der Waals surface area contributed by atoms with Crippen LogP contribution in [0.2, 0.25) is 0 Å². The van der Waals surface area contributed by atoms with Crippen molar-refractivity contribution >= 4 is 5.91 Å². The van der Waals surface area contributed by atoms with Gasteiger partial charge in [-0.2, -0.15) is 18.3 Å². The first kappa shape index (κ1) is 16.1. The van der Waals surface area contributed by atoms with Crippen LogP contribution in [0.1, 0.15) is 53.0 Å². The molecule has 1 amide bonds. The molecule has 1 atom stereocenters. The summed E-state index contributed by atoms with van der Waals surface area (Å²) in [6, 6.07) is 1.74. The number of hydrogen-bond donors (Lipinski definition) is 2. The number of nitrogens with one attached hydrogen (secondary N) is 2. The Morgan fingerprint density at radius 3 is 2.84 bits per heavy atom. The molecule has 2 aliphatic rings. The van der Waals surface area contributed by atoms with Crippen molar-refractivity contribution < 1.29 is 18.0 Å². The summed E-state index contributed by atoms with van der Waals surface area (Å²) in [6.07, 6.45) is -2.18. The molecule has 0 bridgehead atoms. The molecule has 1 fully saturated rings. The maximum Gasteiger partial charge on any atom is 0.392 e. The number of amides is 1. The number of carbonyl (C=O) groups excluding carboxylic acids is 1. The van der Waals surface area contributed by atoms with Crippen LogP contribution in [-0.2, 0) is 19.5 Å². The predicted octanol–water partition coefficient (Wildman–Crippen LogP) is 1.93. The Kier molecular flexibility index (Phi) is 3.77. The van der Waals surface area contributed by atoms with Crippen molar-refractivity contribution in [2.45, 2.75) is 50.9 Å². The maximum atomic E-state index is 12.8. The molecule has 1 aliphatic heterocycles. The molecule has 1 saturated carbocycles. The summed E-state index contributed by atoms with van der Waals surface area (Å²) in [5, 5.41) is 17.3.